The smallest absolute Gasteiger partial charge is 0.122 e. The van der Waals surface area contributed by atoms with E-state index >= 15 is 0 Å². The molecule has 0 unspecified atom stereocenters. The van der Waals surface area contributed by atoms with Crippen LogP contribution in [-0.2, 0) is 0 Å². The van der Waals surface area contributed by atoms with Gasteiger partial charge in [0.25, 0.3) is 0 Å². The number of halogens is 3. The Labute approximate surface area is 208 Å². The van der Waals surface area contributed by atoms with Gasteiger partial charge in [-0.15, -0.1) is 37.2 Å². The summed E-state index contributed by atoms with van der Waals surface area (Å²) in [5.41, 5.74) is 8.32. The summed E-state index contributed by atoms with van der Waals surface area (Å²) in [6.07, 6.45) is 6.18. The van der Waals surface area contributed by atoms with Crippen LogP contribution in [0, 0.1) is 10.8 Å². The number of rotatable bonds is 7. The van der Waals surface area contributed by atoms with E-state index in [9.17, 15) is 0 Å². The largest absolute Gasteiger partial charge is 0.490 e. The number of piperidine rings is 1. The lowest BCUT2D eigenvalue weighted by atomic mass is 10.1. The van der Waals surface area contributed by atoms with Crippen LogP contribution in [0.4, 0.5) is 5.69 Å². The molecule has 0 radical (unpaired) electrons. The monoisotopic (exact) mass is 499 g/mol. The molecular formula is C23H32Cl3N5O. The van der Waals surface area contributed by atoms with E-state index in [-0.39, 0.29) is 49.2 Å². The van der Waals surface area contributed by atoms with Gasteiger partial charge in [-0.25, -0.2) is 0 Å². The van der Waals surface area contributed by atoms with Crippen molar-refractivity contribution in [3.8, 4) is 5.75 Å². The van der Waals surface area contributed by atoms with Crippen LogP contribution in [0.2, 0.25) is 0 Å². The second-order valence-corrected chi connectivity index (χ2v) is 7.24. The fraction of sp³-hybridized carbons (Fsp3) is 0.304. The summed E-state index contributed by atoms with van der Waals surface area (Å²) in [6.45, 7) is 4.32. The van der Waals surface area contributed by atoms with Gasteiger partial charge in [0.05, 0.1) is 5.84 Å². The number of nitrogens with one attached hydrogen (secondary N) is 3. The summed E-state index contributed by atoms with van der Waals surface area (Å²) in [6, 6.07) is 15.7. The van der Waals surface area contributed by atoms with Crippen molar-refractivity contribution in [3.05, 3.63) is 65.7 Å². The first kappa shape index (κ1) is 29.6. The Kier molecular flexibility index (Phi) is 13.5. The lowest BCUT2D eigenvalue weighted by Crippen LogP contribution is -2.40. The van der Waals surface area contributed by atoms with Crippen LogP contribution < -0.4 is 15.8 Å². The first-order valence-electron chi connectivity index (χ1n) is 9.93. The van der Waals surface area contributed by atoms with Gasteiger partial charge in [-0.3, -0.25) is 10.8 Å². The predicted molar refractivity (Wildman–Crippen MR) is 142 cm³/mol. The molecule has 1 fully saturated rings. The minimum atomic E-state index is 0. The fourth-order valence-corrected chi connectivity index (χ4v) is 3.33. The number of hydrogen-bond donors (Lipinski definition) is 4. The SMILES string of the molecule is CC(=N)N1CCC(Oc2ccc(NC/C=C/c3cccc(C(=N)N)c3)cc2)CC1.Cl.Cl.Cl. The third-order valence-corrected chi connectivity index (χ3v) is 5.01. The molecule has 0 spiro atoms. The van der Waals surface area contributed by atoms with E-state index in [1.807, 2.05) is 67.6 Å². The summed E-state index contributed by atoms with van der Waals surface area (Å²) >= 11 is 0. The molecule has 1 aliphatic heterocycles. The Morgan fingerprint density at radius 3 is 2.34 bits per heavy atom. The number of amidine groups is 2. The summed E-state index contributed by atoms with van der Waals surface area (Å²) in [5.74, 6) is 1.60. The van der Waals surface area contributed by atoms with E-state index in [2.05, 4.69) is 10.2 Å². The molecule has 5 N–H and O–H groups in total. The molecule has 1 aliphatic rings. The summed E-state index contributed by atoms with van der Waals surface area (Å²) < 4.78 is 6.09. The van der Waals surface area contributed by atoms with Gasteiger partial charge in [-0.2, -0.15) is 0 Å². The molecular weight excluding hydrogens is 469 g/mol. The van der Waals surface area contributed by atoms with Gasteiger partial charge in [0.2, 0.25) is 0 Å². The molecule has 9 heteroatoms. The van der Waals surface area contributed by atoms with E-state index in [1.165, 1.54) is 0 Å². The molecule has 0 bridgehead atoms. The first-order valence-corrected chi connectivity index (χ1v) is 9.93. The van der Waals surface area contributed by atoms with Crippen LogP contribution in [0.3, 0.4) is 0 Å². The lowest BCUT2D eigenvalue weighted by Gasteiger charge is -2.32. The molecule has 0 atom stereocenters. The number of benzene rings is 2. The fourth-order valence-electron chi connectivity index (χ4n) is 3.33. The summed E-state index contributed by atoms with van der Waals surface area (Å²) in [7, 11) is 0. The van der Waals surface area contributed by atoms with Crippen molar-refractivity contribution in [1.82, 2.24) is 4.90 Å². The zero-order valence-corrected chi connectivity index (χ0v) is 20.5. The van der Waals surface area contributed by atoms with E-state index in [4.69, 9.17) is 21.3 Å². The van der Waals surface area contributed by atoms with Gasteiger partial charge < -0.3 is 20.7 Å². The number of nitrogens with zero attached hydrogens (tertiary/aromatic N) is 1. The highest BCUT2D eigenvalue weighted by Gasteiger charge is 2.20. The van der Waals surface area contributed by atoms with Crippen LogP contribution in [-0.4, -0.2) is 42.3 Å². The Morgan fingerprint density at radius 2 is 1.75 bits per heavy atom. The highest BCUT2D eigenvalue weighted by Crippen LogP contribution is 2.21. The lowest BCUT2D eigenvalue weighted by molar-refractivity contribution is 0.130. The van der Waals surface area contributed by atoms with Gasteiger partial charge in [0, 0.05) is 43.7 Å². The maximum absolute atomic E-state index is 7.70. The van der Waals surface area contributed by atoms with Gasteiger partial charge in [-0.1, -0.05) is 30.4 Å². The van der Waals surface area contributed by atoms with Crippen molar-refractivity contribution in [2.24, 2.45) is 5.73 Å². The normalized spacial score (nSPS) is 13.3. The maximum Gasteiger partial charge on any atom is 0.122 e. The van der Waals surface area contributed by atoms with Crippen LogP contribution in [0.25, 0.3) is 6.08 Å². The van der Waals surface area contributed by atoms with E-state index in [0.29, 0.717) is 12.4 Å². The van der Waals surface area contributed by atoms with Crippen LogP contribution in [0.5, 0.6) is 5.75 Å². The summed E-state index contributed by atoms with van der Waals surface area (Å²) in [4.78, 5) is 2.09. The molecule has 0 amide bonds. The average Bonchev–Trinajstić information content (AvgIpc) is 2.73. The van der Waals surface area contributed by atoms with E-state index in [1.54, 1.807) is 0 Å². The Morgan fingerprint density at radius 1 is 1.09 bits per heavy atom. The van der Waals surface area contributed by atoms with Crippen molar-refractivity contribution < 1.29 is 4.74 Å². The zero-order chi connectivity index (χ0) is 20.6. The van der Waals surface area contributed by atoms with Crippen LogP contribution >= 0.6 is 37.2 Å². The first-order chi connectivity index (χ1) is 14.0. The van der Waals surface area contributed by atoms with Gasteiger partial charge in [0.15, 0.2) is 0 Å². The number of likely N-dealkylation sites (tertiary alicyclic amines) is 1. The summed E-state index contributed by atoms with van der Waals surface area (Å²) in [5, 5.41) is 18.6. The highest BCUT2D eigenvalue weighted by atomic mass is 35.5. The average molecular weight is 501 g/mol. The molecule has 0 saturated carbocycles. The predicted octanol–water partition coefficient (Wildman–Crippen LogP) is 5.20. The molecule has 2 aromatic rings. The van der Waals surface area contributed by atoms with Crippen LogP contribution in [0.1, 0.15) is 30.9 Å². The van der Waals surface area contributed by atoms with Gasteiger partial charge in [0.1, 0.15) is 17.7 Å². The molecule has 0 aliphatic carbocycles. The standard InChI is InChI=1S/C23H29N5O.3ClH/c1-17(24)28-14-11-22(12-15-28)29-21-9-7-20(8-10-21)27-13-3-5-18-4-2-6-19(16-18)23(25)26;;;/h2-10,16,22,24,27H,11-15H2,1H3,(H3,25,26);3*1H/b5-3+,24-17?;;;. The zero-order valence-electron chi connectivity index (χ0n) is 18.0. The Bertz CT molecular complexity index is 881. The quantitative estimate of drug-likeness (QED) is 0.310. The number of hydrogen-bond acceptors (Lipinski definition) is 4. The maximum atomic E-state index is 7.70. The number of nitrogens with two attached hydrogens (primary N) is 1. The third-order valence-electron chi connectivity index (χ3n) is 5.01. The molecule has 6 nitrogen and oxygen atoms in total. The number of ether oxygens (including phenoxy) is 1. The Balaban J connectivity index is 0.00000320. The van der Waals surface area contributed by atoms with Gasteiger partial charge >= 0.3 is 0 Å². The van der Waals surface area contributed by atoms with Crippen molar-refractivity contribution in [2.45, 2.75) is 25.9 Å². The molecule has 3 rings (SSSR count). The number of anilines is 1. The third kappa shape index (κ3) is 8.99. The molecule has 1 heterocycles. The molecule has 32 heavy (non-hydrogen) atoms. The van der Waals surface area contributed by atoms with E-state index < -0.39 is 0 Å². The molecule has 176 valence electrons. The topological polar surface area (TPSA) is 98.2 Å². The molecule has 1 saturated heterocycles. The number of nitrogen functional groups attached to an aromatic ring is 1. The van der Waals surface area contributed by atoms with Crippen molar-refractivity contribution >= 4 is 60.7 Å². The molecule has 2 aromatic carbocycles. The van der Waals surface area contributed by atoms with Crippen molar-refractivity contribution in [2.75, 3.05) is 25.0 Å². The minimum absolute atomic E-state index is 0. The second kappa shape index (κ2) is 14.6. The van der Waals surface area contributed by atoms with Gasteiger partial charge in [-0.05, 0) is 42.8 Å². The highest BCUT2D eigenvalue weighted by molar-refractivity contribution is 5.95. The second-order valence-electron chi connectivity index (χ2n) is 7.24. The van der Waals surface area contributed by atoms with E-state index in [0.717, 1.165) is 48.5 Å². The van der Waals surface area contributed by atoms with Crippen molar-refractivity contribution in [1.29, 1.82) is 10.8 Å². The minimum Gasteiger partial charge on any atom is -0.490 e. The van der Waals surface area contributed by atoms with Crippen molar-refractivity contribution in [3.63, 3.8) is 0 Å². The van der Waals surface area contributed by atoms with Crippen LogP contribution in [0.15, 0.2) is 54.6 Å². The molecule has 0 aromatic heterocycles. The Hall–Kier alpha value is -2.41.